The molecular weight excluding hydrogens is 386 g/mol. The number of carbonyl (C=O) groups is 1. The Hall–Kier alpha value is -3.24. The maximum absolute atomic E-state index is 11.9. The van der Waals surface area contributed by atoms with Crippen molar-refractivity contribution in [3.63, 3.8) is 0 Å². The molecule has 0 saturated heterocycles. The van der Waals surface area contributed by atoms with E-state index in [1.165, 1.54) is 0 Å². The van der Waals surface area contributed by atoms with Crippen molar-refractivity contribution in [3.05, 3.63) is 53.4 Å². The summed E-state index contributed by atoms with van der Waals surface area (Å²) in [6.07, 6.45) is 2.34. The van der Waals surface area contributed by atoms with Gasteiger partial charge < -0.3 is 20.5 Å². The first-order valence-electron chi connectivity index (χ1n) is 8.44. The second-order valence-electron chi connectivity index (χ2n) is 5.69. The lowest BCUT2D eigenvalue weighted by molar-refractivity contribution is 0.251. The molecule has 0 atom stereocenters. The maximum Gasteiger partial charge on any atom is 0.319 e. The lowest BCUT2D eigenvalue weighted by Crippen LogP contribution is -2.30. The number of aryl methyl sites for hydroxylation is 1. The number of aliphatic hydroxyl groups excluding tert-OH is 1. The zero-order valence-corrected chi connectivity index (χ0v) is 15.5. The van der Waals surface area contributed by atoms with Crippen LogP contribution in [0.2, 0.25) is 5.15 Å². The molecule has 0 bridgehead atoms. The van der Waals surface area contributed by atoms with Gasteiger partial charge in [-0.15, -0.1) is 15.3 Å². The molecule has 146 valence electrons. The monoisotopic (exact) mass is 403 g/mol. The summed E-state index contributed by atoms with van der Waals surface area (Å²) in [6.45, 7) is 0.918. The highest BCUT2D eigenvalue weighted by molar-refractivity contribution is 6.29. The number of carbonyl (C=O) groups excluding carboxylic acids is 1. The third-order valence-electron chi connectivity index (χ3n) is 3.54. The Morgan fingerprint density at radius 3 is 2.64 bits per heavy atom. The minimum atomic E-state index is -0.313. The fourth-order valence-electron chi connectivity index (χ4n) is 2.22. The van der Waals surface area contributed by atoms with E-state index in [9.17, 15) is 4.79 Å². The van der Waals surface area contributed by atoms with E-state index < -0.39 is 0 Å². The predicted molar refractivity (Wildman–Crippen MR) is 101 cm³/mol. The number of ether oxygens (including phenoxy) is 1. The zero-order chi connectivity index (χ0) is 19.8. The quantitative estimate of drug-likeness (QED) is 0.492. The normalized spacial score (nSPS) is 10.5. The Morgan fingerprint density at radius 2 is 1.96 bits per heavy atom. The molecule has 0 fully saturated rings. The number of amides is 2. The zero-order valence-electron chi connectivity index (χ0n) is 14.7. The van der Waals surface area contributed by atoms with Gasteiger partial charge in [0.1, 0.15) is 11.4 Å². The van der Waals surface area contributed by atoms with E-state index in [1.807, 2.05) is 0 Å². The highest BCUT2D eigenvalue weighted by atomic mass is 35.5. The van der Waals surface area contributed by atoms with E-state index in [-0.39, 0.29) is 17.8 Å². The number of aliphatic hydroxyl groups is 1. The molecule has 2 amide bonds. The van der Waals surface area contributed by atoms with Crippen LogP contribution in [0.15, 0.2) is 42.6 Å². The van der Waals surface area contributed by atoms with Gasteiger partial charge in [0.05, 0.1) is 12.8 Å². The summed E-state index contributed by atoms with van der Waals surface area (Å²) in [5, 5.41) is 29.9. The van der Waals surface area contributed by atoms with Crippen LogP contribution in [0.3, 0.4) is 0 Å². The molecule has 10 nitrogen and oxygen atoms in total. The van der Waals surface area contributed by atoms with Crippen molar-refractivity contribution in [2.24, 2.45) is 0 Å². The number of aromatic nitrogens is 5. The second-order valence-corrected chi connectivity index (χ2v) is 6.07. The second kappa shape index (κ2) is 9.62. The molecule has 3 aromatic rings. The van der Waals surface area contributed by atoms with Crippen LogP contribution in [0.25, 0.3) is 0 Å². The summed E-state index contributed by atoms with van der Waals surface area (Å²) in [7, 11) is 0. The van der Waals surface area contributed by atoms with Crippen LogP contribution < -0.4 is 15.4 Å². The third-order valence-corrected chi connectivity index (χ3v) is 3.74. The van der Waals surface area contributed by atoms with Crippen molar-refractivity contribution in [2.75, 3.05) is 11.9 Å². The number of urea groups is 1. The summed E-state index contributed by atoms with van der Waals surface area (Å²) in [5.74, 6) is 0.874. The smallest absolute Gasteiger partial charge is 0.319 e. The number of anilines is 1. The van der Waals surface area contributed by atoms with Crippen molar-refractivity contribution in [1.29, 1.82) is 0 Å². The summed E-state index contributed by atoms with van der Waals surface area (Å²) >= 11 is 5.68. The summed E-state index contributed by atoms with van der Waals surface area (Å²) in [5.41, 5.74) is 1.14. The average Bonchev–Trinajstić information content (AvgIpc) is 3.17. The lowest BCUT2D eigenvalue weighted by atomic mass is 10.3. The minimum Gasteiger partial charge on any atom is -0.438 e. The van der Waals surface area contributed by atoms with Crippen molar-refractivity contribution in [3.8, 4) is 11.6 Å². The molecule has 3 rings (SSSR count). The number of nitrogens with zero attached hydrogens (tertiary/aromatic N) is 5. The Bertz CT molecular complexity index is 900. The van der Waals surface area contributed by atoms with Crippen LogP contribution >= 0.6 is 11.6 Å². The van der Waals surface area contributed by atoms with Gasteiger partial charge in [0, 0.05) is 24.8 Å². The SMILES string of the molecule is O=C(NCCCn1cc(CO)nn1)Nc1ccc(Oc2ccc(Cl)nn2)cc1. The molecule has 0 radical (unpaired) electrons. The number of nitrogens with one attached hydrogen (secondary N) is 2. The van der Waals surface area contributed by atoms with Crippen LogP contribution in [0.5, 0.6) is 11.6 Å². The molecule has 0 aliphatic rings. The first-order chi connectivity index (χ1) is 13.6. The Kier molecular flexibility index (Phi) is 6.71. The number of rotatable bonds is 8. The van der Waals surface area contributed by atoms with E-state index in [0.29, 0.717) is 42.5 Å². The van der Waals surface area contributed by atoms with Crippen LogP contribution in [0, 0.1) is 0 Å². The molecule has 0 aliphatic carbocycles. The van der Waals surface area contributed by atoms with Gasteiger partial charge in [0.2, 0.25) is 5.88 Å². The van der Waals surface area contributed by atoms with E-state index in [1.54, 1.807) is 47.3 Å². The van der Waals surface area contributed by atoms with E-state index in [4.69, 9.17) is 21.4 Å². The van der Waals surface area contributed by atoms with Gasteiger partial charge in [-0.25, -0.2) is 4.79 Å². The van der Waals surface area contributed by atoms with Crippen LogP contribution in [0.4, 0.5) is 10.5 Å². The van der Waals surface area contributed by atoms with E-state index in [0.717, 1.165) is 0 Å². The largest absolute Gasteiger partial charge is 0.438 e. The summed E-state index contributed by atoms with van der Waals surface area (Å²) in [4.78, 5) is 11.9. The Morgan fingerprint density at radius 1 is 1.14 bits per heavy atom. The van der Waals surface area contributed by atoms with E-state index >= 15 is 0 Å². The molecule has 2 aromatic heterocycles. The highest BCUT2D eigenvalue weighted by Crippen LogP contribution is 2.21. The summed E-state index contributed by atoms with van der Waals surface area (Å²) < 4.78 is 7.16. The van der Waals surface area contributed by atoms with Crippen molar-refractivity contribution in [2.45, 2.75) is 19.6 Å². The molecular formula is C17H18ClN7O3. The van der Waals surface area contributed by atoms with Gasteiger partial charge in [-0.2, -0.15) is 0 Å². The first-order valence-corrected chi connectivity index (χ1v) is 8.82. The molecule has 0 aliphatic heterocycles. The fourth-order valence-corrected chi connectivity index (χ4v) is 2.32. The van der Waals surface area contributed by atoms with Gasteiger partial charge >= 0.3 is 6.03 Å². The molecule has 28 heavy (non-hydrogen) atoms. The molecule has 0 unspecified atom stereocenters. The van der Waals surface area contributed by atoms with Gasteiger partial charge in [0.25, 0.3) is 0 Å². The Labute approximate surface area is 165 Å². The van der Waals surface area contributed by atoms with Gasteiger partial charge in [-0.1, -0.05) is 16.8 Å². The molecule has 11 heteroatoms. The fraction of sp³-hybridized carbons (Fsp3) is 0.235. The van der Waals surface area contributed by atoms with Crippen LogP contribution in [-0.4, -0.2) is 42.9 Å². The van der Waals surface area contributed by atoms with Gasteiger partial charge in [-0.05, 0) is 36.8 Å². The molecule has 0 saturated carbocycles. The number of hydrogen-bond donors (Lipinski definition) is 3. The van der Waals surface area contributed by atoms with Gasteiger partial charge in [-0.3, -0.25) is 4.68 Å². The number of hydrogen-bond acceptors (Lipinski definition) is 7. The predicted octanol–water partition coefficient (Wildman–Crippen LogP) is 2.22. The van der Waals surface area contributed by atoms with Crippen molar-refractivity contribution >= 4 is 23.3 Å². The van der Waals surface area contributed by atoms with E-state index in [2.05, 4.69) is 31.1 Å². The molecule has 1 aromatic carbocycles. The number of halogens is 1. The van der Waals surface area contributed by atoms with Crippen molar-refractivity contribution in [1.82, 2.24) is 30.5 Å². The molecule has 2 heterocycles. The maximum atomic E-state index is 11.9. The number of benzene rings is 1. The summed E-state index contributed by atoms with van der Waals surface area (Å²) in [6, 6.07) is 9.71. The standard InChI is InChI=1S/C17H18ClN7O3/c18-15-6-7-16(23-22-15)28-14-4-2-12(3-5-14)20-17(27)19-8-1-9-25-10-13(11-26)21-24-25/h2-7,10,26H,1,8-9,11H2,(H2,19,20,27). The van der Waals surface area contributed by atoms with Crippen LogP contribution in [0.1, 0.15) is 12.1 Å². The minimum absolute atomic E-state index is 0.141. The highest BCUT2D eigenvalue weighted by Gasteiger charge is 2.04. The molecule has 3 N–H and O–H groups in total. The lowest BCUT2D eigenvalue weighted by Gasteiger charge is -2.09. The first kappa shape index (κ1) is 19.5. The topological polar surface area (TPSA) is 127 Å². The Balaban J connectivity index is 1.39. The van der Waals surface area contributed by atoms with Gasteiger partial charge in [0.15, 0.2) is 5.15 Å². The molecule has 0 spiro atoms. The average molecular weight is 404 g/mol. The van der Waals surface area contributed by atoms with Crippen molar-refractivity contribution < 1.29 is 14.6 Å². The van der Waals surface area contributed by atoms with Crippen LogP contribution in [-0.2, 0) is 13.2 Å². The third kappa shape index (κ3) is 5.89.